The molecule has 0 aliphatic heterocycles. The third kappa shape index (κ3) is 3.29. The molecular weight excluding hydrogens is 324 g/mol. The molecule has 1 heterocycles. The van der Waals surface area contributed by atoms with Gasteiger partial charge in [0.15, 0.2) is 0 Å². The van der Waals surface area contributed by atoms with Crippen LogP contribution in [0.15, 0.2) is 53.6 Å². The highest BCUT2D eigenvalue weighted by molar-refractivity contribution is 7.89. The normalized spacial score (nSPS) is 11.8. The maximum atomic E-state index is 12.6. The molecule has 0 bridgehead atoms. The van der Waals surface area contributed by atoms with E-state index in [1.54, 1.807) is 12.1 Å². The van der Waals surface area contributed by atoms with Gasteiger partial charge in [0.1, 0.15) is 10.6 Å². The van der Waals surface area contributed by atoms with E-state index in [0.29, 0.717) is 18.7 Å². The fraction of sp³-hybridized carbons (Fsp3) is 0.222. The molecule has 126 valence electrons. The topological polar surface area (TPSA) is 71.2 Å². The van der Waals surface area contributed by atoms with Gasteiger partial charge in [0, 0.05) is 23.6 Å². The zero-order valence-corrected chi connectivity index (χ0v) is 14.5. The van der Waals surface area contributed by atoms with Crippen molar-refractivity contribution in [1.82, 2.24) is 9.71 Å². The Hall–Kier alpha value is -2.31. The van der Waals surface area contributed by atoms with Crippen molar-refractivity contribution in [3.63, 3.8) is 0 Å². The fourth-order valence-electron chi connectivity index (χ4n) is 2.73. The average molecular weight is 344 g/mol. The van der Waals surface area contributed by atoms with E-state index in [4.69, 9.17) is 4.74 Å². The summed E-state index contributed by atoms with van der Waals surface area (Å²) in [6, 6.07) is 13.1. The van der Waals surface area contributed by atoms with Crippen LogP contribution in [-0.4, -0.2) is 27.1 Å². The number of nitrogens with one attached hydrogen (secondary N) is 2. The lowest BCUT2D eigenvalue weighted by molar-refractivity contribution is 0.402. The van der Waals surface area contributed by atoms with Crippen molar-refractivity contribution in [3.05, 3.63) is 59.8 Å². The first-order valence-corrected chi connectivity index (χ1v) is 9.19. The maximum absolute atomic E-state index is 12.6. The van der Waals surface area contributed by atoms with Gasteiger partial charge in [-0.25, -0.2) is 13.1 Å². The summed E-state index contributed by atoms with van der Waals surface area (Å²) < 4.78 is 32.9. The highest BCUT2D eigenvalue weighted by Crippen LogP contribution is 2.24. The molecule has 0 fully saturated rings. The summed E-state index contributed by atoms with van der Waals surface area (Å²) in [6.07, 6.45) is 2.53. The van der Waals surface area contributed by atoms with E-state index in [1.807, 2.05) is 43.5 Å². The second-order valence-corrected chi connectivity index (χ2v) is 7.40. The molecule has 0 radical (unpaired) electrons. The Morgan fingerprint density at radius 3 is 2.75 bits per heavy atom. The highest BCUT2D eigenvalue weighted by atomic mass is 32.2. The van der Waals surface area contributed by atoms with E-state index in [9.17, 15) is 8.42 Å². The molecule has 2 N–H and O–H groups in total. The Balaban J connectivity index is 1.75. The summed E-state index contributed by atoms with van der Waals surface area (Å²) >= 11 is 0. The van der Waals surface area contributed by atoms with Crippen molar-refractivity contribution < 1.29 is 13.2 Å². The number of sulfonamides is 1. The van der Waals surface area contributed by atoms with Crippen molar-refractivity contribution in [2.45, 2.75) is 18.2 Å². The van der Waals surface area contributed by atoms with Gasteiger partial charge in [-0.15, -0.1) is 0 Å². The van der Waals surface area contributed by atoms with Gasteiger partial charge in [0.05, 0.1) is 7.11 Å². The number of aryl methyl sites for hydroxylation is 1. The zero-order valence-electron chi connectivity index (χ0n) is 13.7. The largest absolute Gasteiger partial charge is 0.495 e. The van der Waals surface area contributed by atoms with E-state index in [-0.39, 0.29) is 4.90 Å². The van der Waals surface area contributed by atoms with Gasteiger partial charge in [-0.3, -0.25) is 0 Å². The molecule has 0 amide bonds. The van der Waals surface area contributed by atoms with Gasteiger partial charge in [0.25, 0.3) is 0 Å². The monoisotopic (exact) mass is 344 g/mol. The predicted molar refractivity (Wildman–Crippen MR) is 94.9 cm³/mol. The quantitative estimate of drug-likeness (QED) is 0.722. The second kappa shape index (κ2) is 6.67. The molecule has 0 saturated heterocycles. The molecule has 5 nitrogen and oxygen atoms in total. The van der Waals surface area contributed by atoms with E-state index >= 15 is 0 Å². The van der Waals surface area contributed by atoms with Crippen LogP contribution in [0.5, 0.6) is 5.75 Å². The molecule has 3 rings (SSSR count). The van der Waals surface area contributed by atoms with Crippen LogP contribution in [0.3, 0.4) is 0 Å². The van der Waals surface area contributed by atoms with Crippen molar-refractivity contribution in [1.29, 1.82) is 0 Å². The van der Waals surface area contributed by atoms with Crippen LogP contribution in [-0.2, 0) is 16.4 Å². The van der Waals surface area contributed by atoms with Crippen molar-refractivity contribution in [2.75, 3.05) is 13.7 Å². The predicted octanol–water partition coefficient (Wildman–Crippen LogP) is 3.01. The lowest BCUT2D eigenvalue weighted by Crippen LogP contribution is -2.26. The molecule has 0 saturated carbocycles. The van der Waals surface area contributed by atoms with Crippen LogP contribution in [0.2, 0.25) is 0 Å². The van der Waals surface area contributed by atoms with Gasteiger partial charge in [-0.2, -0.15) is 0 Å². The number of rotatable bonds is 6. The Labute approximate surface area is 141 Å². The number of methoxy groups -OCH3 is 1. The number of aromatic amines is 1. The molecule has 24 heavy (non-hydrogen) atoms. The van der Waals surface area contributed by atoms with E-state index < -0.39 is 10.0 Å². The van der Waals surface area contributed by atoms with Crippen LogP contribution in [0.1, 0.15) is 11.1 Å². The average Bonchev–Trinajstić information content (AvgIpc) is 2.98. The molecular formula is C18H20N2O3S. The number of para-hydroxylation sites is 1. The number of benzene rings is 2. The van der Waals surface area contributed by atoms with Crippen LogP contribution in [0.25, 0.3) is 10.9 Å². The molecule has 2 aromatic carbocycles. The third-order valence-corrected chi connectivity index (χ3v) is 5.45. The molecule has 6 heteroatoms. The number of H-pyrrole nitrogens is 1. The highest BCUT2D eigenvalue weighted by Gasteiger charge is 2.19. The summed E-state index contributed by atoms with van der Waals surface area (Å²) in [4.78, 5) is 3.37. The molecule has 0 spiro atoms. The molecule has 3 aromatic rings. The molecule has 0 atom stereocenters. The SMILES string of the molecule is COc1ccc(C)cc1S(=O)(=O)NCCc1c[nH]c2ccccc12. The molecule has 0 unspecified atom stereocenters. The van der Waals surface area contributed by atoms with E-state index in [1.165, 1.54) is 7.11 Å². The van der Waals surface area contributed by atoms with Crippen molar-refractivity contribution in [2.24, 2.45) is 0 Å². The second-order valence-electron chi connectivity index (χ2n) is 5.66. The van der Waals surface area contributed by atoms with Crippen molar-refractivity contribution in [3.8, 4) is 5.75 Å². The van der Waals surface area contributed by atoms with Gasteiger partial charge in [-0.1, -0.05) is 24.3 Å². The Morgan fingerprint density at radius 1 is 1.17 bits per heavy atom. The van der Waals surface area contributed by atoms with Gasteiger partial charge in [-0.05, 0) is 42.7 Å². The number of hydrogen-bond acceptors (Lipinski definition) is 3. The number of hydrogen-bond donors (Lipinski definition) is 2. The third-order valence-electron chi connectivity index (χ3n) is 3.97. The Morgan fingerprint density at radius 2 is 1.96 bits per heavy atom. The summed E-state index contributed by atoms with van der Waals surface area (Å²) in [7, 11) is -2.15. The minimum Gasteiger partial charge on any atom is -0.495 e. The molecule has 0 aliphatic carbocycles. The van der Waals surface area contributed by atoms with Crippen LogP contribution in [0, 0.1) is 6.92 Å². The maximum Gasteiger partial charge on any atom is 0.244 e. The van der Waals surface area contributed by atoms with Gasteiger partial charge < -0.3 is 9.72 Å². The molecule has 1 aromatic heterocycles. The van der Waals surface area contributed by atoms with Crippen LogP contribution >= 0.6 is 0 Å². The minimum atomic E-state index is -3.62. The van der Waals surface area contributed by atoms with Crippen LogP contribution in [0.4, 0.5) is 0 Å². The lowest BCUT2D eigenvalue weighted by atomic mass is 10.1. The lowest BCUT2D eigenvalue weighted by Gasteiger charge is -2.11. The number of ether oxygens (including phenoxy) is 1. The van der Waals surface area contributed by atoms with Gasteiger partial charge in [0.2, 0.25) is 10.0 Å². The number of fused-ring (bicyclic) bond motifs is 1. The summed E-state index contributed by atoms with van der Waals surface area (Å²) in [5, 5.41) is 1.12. The van der Waals surface area contributed by atoms with Crippen molar-refractivity contribution >= 4 is 20.9 Å². The number of aromatic nitrogens is 1. The first kappa shape index (κ1) is 16.5. The first-order valence-electron chi connectivity index (χ1n) is 7.70. The molecule has 0 aliphatic rings. The smallest absolute Gasteiger partial charge is 0.244 e. The summed E-state index contributed by atoms with van der Waals surface area (Å²) in [5.41, 5.74) is 3.01. The Kier molecular flexibility index (Phi) is 4.59. The first-order chi connectivity index (χ1) is 11.5. The minimum absolute atomic E-state index is 0.170. The van der Waals surface area contributed by atoms with Crippen LogP contribution < -0.4 is 9.46 Å². The standard InChI is InChI=1S/C18H20N2O3S/c1-13-7-8-17(23-2)18(11-13)24(21,22)20-10-9-14-12-19-16-6-4-3-5-15(14)16/h3-8,11-12,19-20H,9-10H2,1-2H3. The van der Waals surface area contributed by atoms with E-state index in [0.717, 1.165) is 22.0 Å². The van der Waals surface area contributed by atoms with E-state index in [2.05, 4.69) is 9.71 Å². The summed E-state index contributed by atoms with van der Waals surface area (Å²) in [6.45, 7) is 2.17. The Bertz CT molecular complexity index is 961. The van der Waals surface area contributed by atoms with Gasteiger partial charge >= 0.3 is 0 Å². The summed E-state index contributed by atoms with van der Waals surface area (Å²) in [5.74, 6) is 0.347. The zero-order chi connectivity index (χ0) is 17.2. The fourth-order valence-corrected chi connectivity index (χ4v) is 4.01.